The predicted molar refractivity (Wildman–Crippen MR) is 101 cm³/mol. The molecule has 0 aliphatic rings. The number of anilines is 1. The van der Waals surface area contributed by atoms with Crippen LogP contribution in [0.4, 0.5) is 5.69 Å². The van der Waals surface area contributed by atoms with Gasteiger partial charge in [-0.3, -0.25) is 4.79 Å². The largest absolute Gasteiger partial charge is 0.382 e. The molecule has 0 saturated carbocycles. The number of hydrogen-bond donors (Lipinski definition) is 0. The Morgan fingerprint density at radius 2 is 1.60 bits per heavy atom. The van der Waals surface area contributed by atoms with Gasteiger partial charge in [-0.2, -0.15) is 0 Å². The summed E-state index contributed by atoms with van der Waals surface area (Å²) in [7, 11) is 1.65. The Bertz CT molecular complexity index is 601. The highest BCUT2D eigenvalue weighted by atomic mass is 16.5. The van der Waals surface area contributed by atoms with Crippen LogP contribution in [-0.4, -0.2) is 39.4 Å². The van der Waals surface area contributed by atoms with Crippen LogP contribution in [0.5, 0.6) is 0 Å². The van der Waals surface area contributed by atoms with E-state index in [9.17, 15) is 4.79 Å². The summed E-state index contributed by atoms with van der Waals surface area (Å²) in [5.74, 6) is 0.137. The second kappa shape index (κ2) is 11.4. The first-order chi connectivity index (χ1) is 12.3. The third kappa shape index (κ3) is 7.08. The Labute approximate surface area is 150 Å². The summed E-state index contributed by atoms with van der Waals surface area (Å²) in [6, 6.07) is 20.1. The lowest BCUT2D eigenvalue weighted by molar-refractivity contribution is -0.119. The van der Waals surface area contributed by atoms with Crippen LogP contribution >= 0.6 is 0 Å². The summed E-state index contributed by atoms with van der Waals surface area (Å²) in [4.78, 5) is 14.6. The molecule has 0 spiro atoms. The number of hydrogen-bond acceptors (Lipinski definition) is 3. The Balaban J connectivity index is 1.89. The van der Waals surface area contributed by atoms with E-state index in [1.165, 1.54) is 5.56 Å². The summed E-state index contributed by atoms with van der Waals surface area (Å²) in [5.41, 5.74) is 2.18. The van der Waals surface area contributed by atoms with Gasteiger partial charge in [0.05, 0.1) is 13.2 Å². The number of methoxy groups -OCH3 is 1. The van der Waals surface area contributed by atoms with Gasteiger partial charge in [0.1, 0.15) is 0 Å². The van der Waals surface area contributed by atoms with Crippen LogP contribution < -0.4 is 4.90 Å². The van der Waals surface area contributed by atoms with Gasteiger partial charge in [0.25, 0.3) is 0 Å². The number of rotatable bonds is 11. The van der Waals surface area contributed by atoms with Gasteiger partial charge in [-0.15, -0.1) is 0 Å². The van der Waals surface area contributed by atoms with Gasteiger partial charge in [0.2, 0.25) is 5.91 Å². The maximum Gasteiger partial charge on any atom is 0.227 e. The third-order valence-corrected chi connectivity index (χ3v) is 3.95. The van der Waals surface area contributed by atoms with Gasteiger partial charge < -0.3 is 14.4 Å². The van der Waals surface area contributed by atoms with Gasteiger partial charge in [0, 0.05) is 32.4 Å². The van der Waals surface area contributed by atoms with Crippen molar-refractivity contribution in [2.75, 3.05) is 38.4 Å². The molecule has 25 heavy (non-hydrogen) atoms. The van der Waals surface area contributed by atoms with Gasteiger partial charge >= 0.3 is 0 Å². The molecule has 0 bridgehead atoms. The van der Waals surface area contributed by atoms with E-state index in [-0.39, 0.29) is 5.91 Å². The summed E-state index contributed by atoms with van der Waals surface area (Å²) in [6.07, 6.45) is 2.04. The van der Waals surface area contributed by atoms with Gasteiger partial charge in [-0.05, 0) is 30.5 Å². The average Bonchev–Trinajstić information content (AvgIpc) is 2.66. The van der Waals surface area contributed by atoms with E-state index in [1.807, 2.05) is 53.4 Å². The van der Waals surface area contributed by atoms with E-state index >= 15 is 0 Å². The molecular weight excluding hydrogens is 314 g/mol. The minimum atomic E-state index is 0.137. The van der Waals surface area contributed by atoms with Crippen LogP contribution in [-0.2, 0) is 20.7 Å². The number of nitrogens with zero attached hydrogens (tertiary/aromatic N) is 1. The van der Waals surface area contributed by atoms with Crippen molar-refractivity contribution in [3.63, 3.8) is 0 Å². The molecule has 0 heterocycles. The zero-order chi connectivity index (χ0) is 17.7. The Morgan fingerprint density at radius 1 is 0.920 bits per heavy atom. The van der Waals surface area contributed by atoms with Gasteiger partial charge in [-0.25, -0.2) is 0 Å². The smallest absolute Gasteiger partial charge is 0.227 e. The van der Waals surface area contributed by atoms with E-state index in [1.54, 1.807) is 7.11 Å². The molecule has 0 N–H and O–H groups in total. The molecule has 2 rings (SSSR count). The zero-order valence-corrected chi connectivity index (χ0v) is 14.9. The van der Waals surface area contributed by atoms with Crippen LogP contribution in [0.1, 0.15) is 18.4 Å². The van der Waals surface area contributed by atoms with E-state index in [0.29, 0.717) is 32.8 Å². The van der Waals surface area contributed by atoms with Crippen molar-refractivity contribution >= 4 is 11.6 Å². The lowest BCUT2D eigenvalue weighted by Crippen LogP contribution is -2.33. The first-order valence-corrected chi connectivity index (χ1v) is 8.77. The summed E-state index contributed by atoms with van der Waals surface area (Å²) < 4.78 is 10.4. The molecule has 2 aromatic rings. The topological polar surface area (TPSA) is 38.8 Å². The van der Waals surface area contributed by atoms with Gasteiger partial charge in [-0.1, -0.05) is 48.5 Å². The van der Waals surface area contributed by atoms with Crippen molar-refractivity contribution in [3.8, 4) is 0 Å². The van der Waals surface area contributed by atoms with E-state index < -0.39 is 0 Å². The molecule has 0 fully saturated rings. The number of amides is 1. The van der Waals surface area contributed by atoms with Crippen LogP contribution in [0, 0.1) is 0 Å². The fraction of sp³-hybridized carbons (Fsp3) is 0.381. The molecule has 0 aromatic heterocycles. The fourth-order valence-electron chi connectivity index (χ4n) is 2.60. The van der Waals surface area contributed by atoms with Crippen LogP contribution in [0.15, 0.2) is 60.7 Å². The highest BCUT2D eigenvalue weighted by Crippen LogP contribution is 2.16. The second-order valence-corrected chi connectivity index (χ2v) is 5.83. The molecular formula is C21H27NO3. The van der Waals surface area contributed by atoms with E-state index in [2.05, 4.69) is 12.1 Å². The monoisotopic (exact) mass is 341 g/mol. The molecule has 134 valence electrons. The molecule has 0 aliphatic heterocycles. The molecule has 0 unspecified atom stereocenters. The molecule has 4 nitrogen and oxygen atoms in total. The molecule has 2 aromatic carbocycles. The number of benzene rings is 2. The number of carbonyl (C=O) groups is 1. The Morgan fingerprint density at radius 3 is 2.28 bits per heavy atom. The van der Waals surface area contributed by atoms with Gasteiger partial charge in [0.15, 0.2) is 0 Å². The second-order valence-electron chi connectivity index (χ2n) is 5.83. The number of carbonyl (C=O) groups excluding carboxylic acids is 1. The standard InChI is InChI=1S/C21H27NO3/c1-24-17-18-25-16-8-13-21(23)22(20-11-6-3-7-12-20)15-14-19-9-4-2-5-10-19/h2-7,9-12H,8,13-18H2,1H3. The Kier molecular flexibility index (Phi) is 8.73. The summed E-state index contributed by atoms with van der Waals surface area (Å²) in [5, 5.41) is 0. The van der Waals surface area contributed by atoms with Crippen molar-refractivity contribution in [1.29, 1.82) is 0 Å². The molecule has 0 saturated heterocycles. The third-order valence-electron chi connectivity index (χ3n) is 3.95. The molecule has 0 radical (unpaired) electrons. The van der Waals surface area contributed by atoms with Crippen LogP contribution in [0.2, 0.25) is 0 Å². The molecule has 4 heteroatoms. The highest BCUT2D eigenvalue weighted by molar-refractivity contribution is 5.93. The number of ether oxygens (including phenoxy) is 2. The molecule has 0 aliphatic carbocycles. The number of para-hydroxylation sites is 1. The first-order valence-electron chi connectivity index (χ1n) is 8.77. The first kappa shape index (κ1) is 19.2. The maximum atomic E-state index is 12.7. The summed E-state index contributed by atoms with van der Waals surface area (Å²) in [6.45, 7) is 2.41. The van der Waals surface area contributed by atoms with Crippen molar-refractivity contribution < 1.29 is 14.3 Å². The van der Waals surface area contributed by atoms with Crippen molar-refractivity contribution in [3.05, 3.63) is 66.2 Å². The maximum absolute atomic E-state index is 12.7. The summed E-state index contributed by atoms with van der Waals surface area (Å²) >= 11 is 0. The lowest BCUT2D eigenvalue weighted by atomic mass is 10.1. The van der Waals surface area contributed by atoms with E-state index in [0.717, 1.165) is 18.5 Å². The lowest BCUT2D eigenvalue weighted by Gasteiger charge is -2.23. The van der Waals surface area contributed by atoms with Crippen molar-refractivity contribution in [1.82, 2.24) is 0 Å². The molecule has 1 amide bonds. The Hall–Kier alpha value is -2.17. The minimum absolute atomic E-state index is 0.137. The fourth-order valence-corrected chi connectivity index (χ4v) is 2.60. The van der Waals surface area contributed by atoms with E-state index in [4.69, 9.17) is 9.47 Å². The SMILES string of the molecule is COCCOCCCC(=O)N(CCc1ccccc1)c1ccccc1. The van der Waals surface area contributed by atoms with Crippen molar-refractivity contribution in [2.45, 2.75) is 19.3 Å². The normalized spacial score (nSPS) is 10.6. The van der Waals surface area contributed by atoms with Crippen molar-refractivity contribution in [2.24, 2.45) is 0 Å². The van der Waals surface area contributed by atoms with Crippen LogP contribution in [0.3, 0.4) is 0 Å². The minimum Gasteiger partial charge on any atom is -0.382 e. The predicted octanol–water partition coefficient (Wildman–Crippen LogP) is 3.71. The highest BCUT2D eigenvalue weighted by Gasteiger charge is 2.15. The quantitative estimate of drug-likeness (QED) is 0.585. The molecule has 0 atom stereocenters. The average molecular weight is 341 g/mol. The zero-order valence-electron chi connectivity index (χ0n) is 14.9. The van der Waals surface area contributed by atoms with Crippen LogP contribution in [0.25, 0.3) is 0 Å².